The smallest absolute Gasteiger partial charge is 0.320 e. The van der Waals surface area contributed by atoms with Gasteiger partial charge in [-0.1, -0.05) is 0 Å². The normalized spacial score (nSPS) is 11.6. The van der Waals surface area contributed by atoms with Crippen LogP contribution in [0, 0.1) is 0 Å². The maximum absolute atomic E-state index is 11.7. The third-order valence-corrected chi connectivity index (χ3v) is 2.42. The largest absolute Gasteiger partial charge is 0.460 e. The fourth-order valence-corrected chi connectivity index (χ4v) is 1.56. The minimum atomic E-state index is -0.525. The second-order valence-corrected chi connectivity index (χ2v) is 6.01. The number of nitrogens with one attached hydrogen (secondary N) is 3. The van der Waals surface area contributed by atoms with Gasteiger partial charge in [-0.2, -0.15) is 5.10 Å². The zero-order valence-corrected chi connectivity index (χ0v) is 14.6. The van der Waals surface area contributed by atoms with E-state index in [1.54, 1.807) is 19.1 Å². The summed E-state index contributed by atoms with van der Waals surface area (Å²) < 4.78 is 5.21. The number of carbonyl (C=O) groups is 2. The predicted molar refractivity (Wildman–Crippen MR) is 91.9 cm³/mol. The van der Waals surface area contributed by atoms with Gasteiger partial charge in [0.05, 0.1) is 6.42 Å². The first-order valence-corrected chi connectivity index (χ1v) is 7.59. The number of hydrazone groups is 1. The van der Waals surface area contributed by atoms with Gasteiger partial charge in [-0.3, -0.25) is 15.5 Å². The number of aromatic nitrogens is 2. The topological polar surface area (TPSA) is 118 Å². The maximum Gasteiger partial charge on any atom is 0.320 e. The molecule has 9 nitrogen and oxygen atoms in total. The first-order chi connectivity index (χ1) is 11.2. The van der Waals surface area contributed by atoms with Crippen molar-refractivity contribution in [1.82, 2.24) is 15.5 Å². The van der Waals surface area contributed by atoms with E-state index in [-0.39, 0.29) is 18.4 Å². The lowest BCUT2D eigenvalue weighted by Crippen LogP contribution is -2.28. The number of carbonyl (C=O) groups excluding carboxylic acids is 2. The van der Waals surface area contributed by atoms with Crippen molar-refractivity contribution in [3.63, 3.8) is 0 Å². The summed E-state index contributed by atoms with van der Waals surface area (Å²) in [6.07, 6.45) is 0.0779. The first kappa shape index (κ1) is 19.3. The lowest BCUT2D eigenvalue weighted by Gasteiger charge is -2.19. The molecule has 0 atom stereocenters. The van der Waals surface area contributed by atoms with E-state index in [2.05, 4.69) is 31.4 Å². The predicted octanol–water partition coefficient (Wildman–Crippen LogP) is 2.14. The second-order valence-electron chi connectivity index (χ2n) is 6.01. The lowest BCUT2D eigenvalue weighted by atomic mass is 10.2. The monoisotopic (exact) mass is 336 g/mol. The zero-order valence-electron chi connectivity index (χ0n) is 14.6. The second kappa shape index (κ2) is 8.80. The summed E-state index contributed by atoms with van der Waals surface area (Å²) in [7, 11) is 0. The molecule has 0 unspecified atom stereocenters. The van der Waals surface area contributed by atoms with Gasteiger partial charge in [-0.05, 0) is 46.8 Å². The average Bonchev–Trinajstić information content (AvgIpc) is 2.44. The van der Waals surface area contributed by atoms with Crippen LogP contribution in [0.3, 0.4) is 0 Å². The molecule has 1 rings (SSSR count). The van der Waals surface area contributed by atoms with Crippen molar-refractivity contribution in [2.45, 2.75) is 46.6 Å². The van der Waals surface area contributed by atoms with Crippen LogP contribution in [0.15, 0.2) is 17.2 Å². The van der Waals surface area contributed by atoms with Crippen molar-refractivity contribution >= 4 is 29.3 Å². The van der Waals surface area contributed by atoms with Crippen LogP contribution in [-0.2, 0) is 9.53 Å². The number of hydrogen-bond acceptors (Lipinski definition) is 7. The van der Waals surface area contributed by atoms with Crippen molar-refractivity contribution in [2.24, 2.45) is 5.10 Å². The number of urea groups is 1. The van der Waals surface area contributed by atoms with E-state index >= 15 is 0 Å². The highest BCUT2D eigenvalue weighted by Gasteiger charge is 2.16. The SMILES string of the molecule is CCNC(=O)Nc1ccc(N/N=C(\C)CC(=O)OC(C)(C)C)nn1. The molecule has 0 aromatic carbocycles. The Balaban J connectivity index is 2.51. The molecule has 0 radical (unpaired) electrons. The number of esters is 1. The molecule has 0 aliphatic heterocycles. The number of ether oxygens (including phenoxy) is 1. The molecule has 0 saturated heterocycles. The van der Waals surface area contributed by atoms with Crippen molar-refractivity contribution < 1.29 is 14.3 Å². The number of amides is 2. The Morgan fingerprint density at radius 2 is 1.83 bits per heavy atom. The molecule has 1 aromatic rings. The van der Waals surface area contributed by atoms with Crippen LogP contribution in [0.25, 0.3) is 0 Å². The summed E-state index contributed by atoms with van der Waals surface area (Å²) in [4.78, 5) is 23.0. The van der Waals surface area contributed by atoms with E-state index in [0.29, 0.717) is 23.9 Å². The van der Waals surface area contributed by atoms with E-state index in [9.17, 15) is 9.59 Å². The highest BCUT2D eigenvalue weighted by atomic mass is 16.6. The van der Waals surface area contributed by atoms with Gasteiger partial charge in [0.2, 0.25) is 0 Å². The first-order valence-electron chi connectivity index (χ1n) is 7.59. The fraction of sp³-hybridized carbons (Fsp3) is 0.533. The van der Waals surface area contributed by atoms with E-state index in [1.807, 2.05) is 27.7 Å². The molecule has 2 amide bonds. The molecular weight excluding hydrogens is 312 g/mol. The fourth-order valence-electron chi connectivity index (χ4n) is 1.56. The van der Waals surface area contributed by atoms with Gasteiger partial charge < -0.3 is 10.1 Å². The van der Waals surface area contributed by atoms with E-state index in [0.717, 1.165) is 0 Å². The summed E-state index contributed by atoms with van der Waals surface area (Å²) in [6, 6.07) is 2.85. The van der Waals surface area contributed by atoms with Crippen molar-refractivity contribution in [2.75, 3.05) is 17.3 Å². The van der Waals surface area contributed by atoms with Gasteiger partial charge in [0.15, 0.2) is 11.6 Å². The molecule has 132 valence electrons. The third kappa shape index (κ3) is 8.06. The van der Waals surface area contributed by atoms with Crippen molar-refractivity contribution in [1.29, 1.82) is 0 Å². The molecule has 0 aliphatic carbocycles. The third-order valence-electron chi connectivity index (χ3n) is 2.42. The van der Waals surface area contributed by atoms with E-state index in [1.165, 1.54) is 0 Å². The lowest BCUT2D eigenvalue weighted by molar-refractivity contribution is -0.153. The summed E-state index contributed by atoms with van der Waals surface area (Å²) in [5.41, 5.74) is 2.72. The van der Waals surface area contributed by atoms with Gasteiger partial charge in [-0.25, -0.2) is 4.79 Å². The Kier molecular flexibility index (Phi) is 7.09. The Labute approximate surface area is 141 Å². The number of anilines is 2. The molecular formula is C15H24N6O3. The van der Waals surface area contributed by atoms with Crippen LogP contribution in [0.4, 0.5) is 16.4 Å². The van der Waals surface area contributed by atoms with Crippen LogP contribution in [0.5, 0.6) is 0 Å². The molecule has 1 heterocycles. The molecule has 0 spiro atoms. The molecule has 3 N–H and O–H groups in total. The minimum absolute atomic E-state index is 0.0779. The van der Waals surface area contributed by atoms with E-state index in [4.69, 9.17) is 4.74 Å². The molecule has 9 heteroatoms. The standard InChI is InChI=1S/C15H24N6O3/c1-6-16-14(23)17-11-7-8-12(21-19-11)20-18-10(2)9-13(22)24-15(3,4)5/h7-8H,6,9H2,1-5H3,(H,20,21)(H2,16,17,19,23)/b18-10+. The average molecular weight is 336 g/mol. The summed E-state index contributed by atoms with van der Waals surface area (Å²) >= 11 is 0. The van der Waals surface area contributed by atoms with Gasteiger partial charge in [0.1, 0.15) is 5.60 Å². The van der Waals surface area contributed by atoms with E-state index < -0.39 is 5.60 Å². The number of nitrogens with zero attached hydrogens (tertiary/aromatic N) is 3. The Morgan fingerprint density at radius 3 is 2.38 bits per heavy atom. The van der Waals surface area contributed by atoms with Crippen LogP contribution < -0.4 is 16.1 Å². The van der Waals surface area contributed by atoms with Gasteiger partial charge in [-0.15, -0.1) is 10.2 Å². The highest BCUT2D eigenvalue weighted by Crippen LogP contribution is 2.09. The van der Waals surface area contributed by atoms with Gasteiger partial charge >= 0.3 is 12.0 Å². The highest BCUT2D eigenvalue weighted by molar-refractivity contribution is 5.97. The molecule has 1 aromatic heterocycles. The minimum Gasteiger partial charge on any atom is -0.460 e. The Bertz CT molecular complexity index is 592. The molecule has 0 saturated carbocycles. The molecule has 24 heavy (non-hydrogen) atoms. The zero-order chi connectivity index (χ0) is 18.2. The Morgan fingerprint density at radius 1 is 1.21 bits per heavy atom. The van der Waals surface area contributed by atoms with Crippen LogP contribution >= 0.6 is 0 Å². The molecule has 0 fully saturated rings. The van der Waals surface area contributed by atoms with Crippen molar-refractivity contribution in [3.8, 4) is 0 Å². The Hall–Kier alpha value is -2.71. The summed E-state index contributed by atoms with van der Waals surface area (Å²) in [5, 5.41) is 16.9. The molecule has 0 bridgehead atoms. The number of hydrogen-bond donors (Lipinski definition) is 3. The molecule has 0 aliphatic rings. The van der Waals surface area contributed by atoms with Crippen LogP contribution in [0.1, 0.15) is 41.0 Å². The van der Waals surface area contributed by atoms with Gasteiger partial charge in [0, 0.05) is 12.3 Å². The number of rotatable bonds is 6. The van der Waals surface area contributed by atoms with Gasteiger partial charge in [0.25, 0.3) is 0 Å². The summed E-state index contributed by atoms with van der Waals surface area (Å²) in [5.74, 6) is 0.360. The quantitative estimate of drug-likeness (QED) is 0.416. The van der Waals surface area contributed by atoms with Crippen LogP contribution in [0.2, 0.25) is 0 Å². The summed E-state index contributed by atoms with van der Waals surface area (Å²) in [6.45, 7) is 9.46. The van der Waals surface area contributed by atoms with Crippen molar-refractivity contribution in [3.05, 3.63) is 12.1 Å². The maximum atomic E-state index is 11.7. The van der Waals surface area contributed by atoms with Crippen LogP contribution in [-0.4, -0.2) is 40.1 Å².